The molecule has 0 bridgehead atoms. The van der Waals surface area contributed by atoms with Gasteiger partial charge in [0.1, 0.15) is 17.9 Å². The predicted octanol–water partition coefficient (Wildman–Crippen LogP) is 6.40. The number of hydrogen-bond acceptors (Lipinski definition) is 7. The van der Waals surface area contributed by atoms with Gasteiger partial charge in [0.2, 0.25) is 0 Å². The highest BCUT2D eigenvalue weighted by Gasteiger charge is 2.16. The van der Waals surface area contributed by atoms with E-state index in [0.29, 0.717) is 31.0 Å². The highest BCUT2D eigenvalue weighted by atomic mass is 16.5. The van der Waals surface area contributed by atoms with Crippen molar-refractivity contribution in [3.05, 3.63) is 29.8 Å². The van der Waals surface area contributed by atoms with Crippen molar-refractivity contribution in [2.75, 3.05) is 50.7 Å². The number of anilines is 2. The number of aldehydes is 1. The van der Waals surface area contributed by atoms with Crippen LogP contribution in [-0.4, -0.2) is 68.8 Å². The molecule has 0 saturated carbocycles. The SMILES string of the molecule is CC/C=C\CCCC.CCCCCC(C)Nc1nc(N(CC)CCCOCCC=O)ccc1C(=O)NC.CO. The van der Waals surface area contributed by atoms with Gasteiger partial charge in [-0.05, 0) is 51.7 Å². The van der Waals surface area contributed by atoms with Gasteiger partial charge in [-0.3, -0.25) is 4.79 Å². The molecule has 0 aromatic carbocycles. The first-order valence-corrected chi connectivity index (χ1v) is 14.8. The molecule has 0 aliphatic rings. The molecule has 8 nitrogen and oxygen atoms in total. The molecule has 1 aromatic heterocycles. The first-order chi connectivity index (χ1) is 19.0. The Hall–Kier alpha value is -2.45. The van der Waals surface area contributed by atoms with E-state index < -0.39 is 0 Å². The van der Waals surface area contributed by atoms with Crippen molar-refractivity contribution in [2.24, 2.45) is 0 Å². The summed E-state index contributed by atoms with van der Waals surface area (Å²) in [7, 11) is 2.63. The highest BCUT2D eigenvalue weighted by Crippen LogP contribution is 2.21. The van der Waals surface area contributed by atoms with Crippen LogP contribution >= 0.6 is 0 Å². The third-order valence-corrected chi connectivity index (χ3v) is 5.91. The smallest absolute Gasteiger partial charge is 0.254 e. The number of nitrogens with zero attached hydrogens (tertiary/aromatic N) is 2. The van der Waals surface area contributed by atoms with Gasteiger partial charge in [-0.25, -0.2) is 4.98 Å². The number of hydrogen-bond donors (Lipinski definition) is 3. The van der Waals surface area contributed by atoms with Crippen molar-refractivity contribution >= 4 is 23.8 Å². The molecule has 3 N–H and O–H groups in total. The summed E-state index contributed by atoms with van der Waals surface area (Å²) in [6.07, 6.45) is 16.4. The van der Waals surface area contributed by atoms with E-state index in [1.807, 2.05) is 12.1 Å². The fraction of sp³-hybridized carbons (Fsp3) is 0.710. The van der Waals surface area contributed by atoms with Crippen LogP contribution in [0.5, 0.6) is 0 Å². The van der Waals surface area contributed by atoms with Crippen molar-refractivity contribution in [2.45, 2.75) is 105 Å². The van der Waals surface area contributed by atoms with Crippen LogP contribution in [-0.2, 0) is 9.53 Å². The third kappa shape index (κ3) is 20.2. The number of pyridine rings is 1. The minimum absolute atomic E-state index is 0.140. The van der Waals surface area contributed by atoms with Crippen LogP contribution in [0.1, 0.15) is 109 Å². The fourth-order valence-electron chi connectivity index (χ4n) is 3.69. The quantitative estimate of drug-likeness (QED) is 0.0981. The molecule has 0 aliphatic carbocycles. The number of rotatable bonds is 20. The number of nitrogens with one attached hydrogen (secondary N) is 2. The average molecular weight is 551 g/mol. The zero-order chi connectivity index (χ0) is 29.7. The summed E-state index contributed by atoms with van der Waals surface area (Å²) in [6, 6.07) is 3.98. The Kier molecular flexibility index (Phi) is 28.3. The number of carbonyl (C=O) groups excluding carboxylic acids is 2. The number of ether oxygens (including phenoxy) is 1. The summed E-state index contributed by atoms with van der Waals surface area (Å²) in [4.78, 5) is 29.5. The molecule has 226 valence electrons. The Balaban J connectivity index is 0. The minimum Gasteiger partial charge on any atom is -0.400 e. The van der Waals surface area contributed by atoms with Crippen LogP contribution in [0, 0.1) is 0 Å². The second-order valence-electron chi connectivity index (χ2n) is 9.21. The zero-order valence-electron chi connectivity index (χ0n) is 25.9. The number of carbonyl (C=O) groups is 2. The molecule has 0 saturated heterocycles. The lowest BCUT2D eigenvalue weighted by Gasteiger charge is -2.24. The lowest BCUT2D eigenvalue weighted by atomic mass is 10.1. The van der Waals surface area contributed by atoms with Gasteiger partial charge in [-0.15, -0.1) is 0 Å². The molecule has 8 heteroatoms. The van der Waals surface area contributed by atoms with Gasteiger partial charge in [0.15, 0.2) is 0 Å². The van der Waals surface area contributed by atoms with E-state index in [1.165, 1.54) is 38.5 Å². The maximum atomic E-state index is 12.3. The molecular formula is C31H58N4O4. The summed E-state index contributed by atoms with van der Waals surface area (Å²) in [6.45, 7) is 13.5. The molecule has 1 atom stereocenters. The van der Waals surface area contributed by atoms with Crippen LogP contribution in [0.2, 0.25) is 0 Å². The monoisotopic (exact) mass is 550 g/mol. The Morgan fingerprint density at radius 1 is 1.03 bits per heavy atom. The minimum atomic E-state index is -0.140. The van der Waals surface area contributed by atoms with Crippen molar-refractivity contribution in [3.63, 3.8) is 0 Å². The van der Waals surface area contributed by atoms with Crippen LogP contribution in [0.3, 0.4) is 0 Å². The van der Waals surface area contributed by atoms with Crippen LogP contribution < -0.4 is 15.5 Å². The lowest BCUT2D eigenvalue weighted by molar-refractivity contribution is -0.108. The van der Waals surface area contributed by atoms with Gasteiger partial charge in [-0.1, -0.05) is 65.0 Å². The molecule has 0 spiro atoms. The summed E-state index contributed by atoms with van der Waals surface area (Å²) in [5, 5.41) is 13.1. The second-order valence-corrected chi connectivity index (χ2v) is 9.21. The number of aliphatic hydroxyl groups is 1. The molecule has 0 fully saturated rings. The highest BCUT2D eigenvalue weighted by molar-refractivity contribution is 5.98. The topological polar surface area (TPSA) is 104 Å². The number of aliphatic hydroxyl groups excluding tert-OH is 1. The Bertz CT molecular complexity index is 743. The summed E-state index contributed by atoms with van der Waals surface area (Å²) < 4.78 is 5.45. The lowest BCUT2D eigenvalue weighted by Crippen LogP contribution is -2.28. The van der Waals surface area contributed by atoms with Crippen molar-refractivity contribution in [1.29, 1.82) is 0 Å². The fourth-order valence-corrected chi connectivity index (χ4v) is 3.69. The van der Waals surface area contributed by atoms with E-state index >= 15 is 0 Å². The molecular weight excluding hydrogens is 492 g/mol. The number of unbranched alkanes of at least 4 members (excludes halogenated alkanes) is 4. The first kappa shape index (κ1) is 38.7. The van der Waals surface area contributed by atoms with Gasteiger partial charge < -0.3 is 30.2 Å². The number of allylic oxidation sites excluding steroid dienone is 2. The van der Waals surface area contributed by atoms with Crippen LogP contribution in [0.15, 0.2) is 24.3 Å². The van der Waals surface area contributed by atoms with E-state index in [2.05, 4.69) is 62.3 Å². The molecule has 1 amide bonds. The maximum absolute atomic E-state index is 12.3. The van der Waals surface area contributed by atoms with Crippen LogP contribution in [0.25, 0.3) is 0 Å². The van der Waals surface area contributed by atoms with Gasteiger partial charge in [0, 0.05) is 46.3 Å². The van der Waals surface area contributed by atoms with Gasteiger partial charge >= 0.3 is 0 Å². The Morgan fingerprint density at radius 3 is 2.33 bits per heavy atom. The molecule has 1 rings (SSSR count). The predicted molar refractivity (Wildman–Crippen MR) is 166 cm³/mol. The van der Waals surface area contributed by atoms with E-state index in [0.717, 1.165) is 51.6 Å². The van der Waals surface area contributed by atoms with E-state index in [-0.39, 0.29) is 11.9 Å². The molecule has 1 heterocycles. The third-order valence-electron chi connectivity index (χ3n) is 5.91. The molecule has 0 radical (unpaired) electrons. The first-order valence-electron chi connectivity index (χ1n) is 14.8. The molecule has 1 unspecified atom stereocenters. The summed E-state index contributed by atoms with van der Waals surface area (Å²) in [5.41, 5.74) is 0.562. The molecule has 39 heavy (non-hydrogen) atoms. The van der Waals surface area contributed by atoms with Crippen molar-refractivity contribution in [1.82, 2.24) is 10.3 Å². The van der Waals surface area contributed by atoms with Gasteiger partial charge in [-0.2, -0.15) is 0 Å². The van der Waals surface area contributed by atoms with Gasteiger partial charge in [0.05, 0.1) is 12.2 Å². The van der Waals surface area contributed by atoms with E-state index in [1.54, 1.807) is 7.05 Å². The summed E-state index contributed by atoms with van der Waals surface area (Å²) in [5.74, 6) is 1.33. The maximum Gasteiger partial charge on any atom is 0.254 e. The molecule has 1 aromatic rings. The van der Waals surface area contributed by atoms with E-state index in [4.69, 9.17) is 14.8 Å². The zero-order valence-corrected chi connectivity index (χ0v) is 25.9. The average Bonchev–Trinajstić information content (AvgIpc) is 2.96. The standard InChI is InChI=1S/C22H38N4O3.C8H16.CH4O/c1-5-7-8-11-18(3)24-21-19(22(28)23-4)12-13-20(25-21)26(6-2)14-9-16-29-17-10-15-27;1-3-5-7-8-6-4-2;1-2/h12-13,15,18H,5-11,14,16-17H2,1-4H3,(H,23,28)(H,24,25);5,7H,3-4,6,8H2,1-2H3;2H,1H3/b;7-5-;. The largest absolute Gasteiger partial charge is 0.400 e. The molecule has 0 aliphatic heterocycles. The summed E-state index contributed by atoms with van der Waals surface area (Å²) >= 11 is 0. The van der Waals surface area contributed by atoms with E-state index in [9.17, 15) is 9.59 Å². The Morgan fingerprint density at radius 2 is 1.74 bits per heavy atom. The van der Waals surface area contributed by atoms with Crippen molar-refractivity contribution < 1.29 is 19.4 Å². The van der Waals surface area contributed by atoms with Crippen LogP contribution in [0.4, 0.5) is 11.6 Å². The number of amides is 1. The normalized spacial score (nSPS) is 11.1. The number of aromatic nitrogens is 1. The van der Waals surface area contributed by atoms with Gasteiger partial charge in [0.25, 0.3) is 5.91 Å². The van der Waals surface area contributed by atoms with Crippen molar-refractivity contribution in [3.8, 4) is 0 Å². The Labute approximate surface area is 239 Å². The second kappa shape index (κ2) is 28.6.